The number of methoxy groups -OCH3 is 2. The first-order valence-electron chi connectivity index (χ1n) is 11.3. The molecule has 2 N–H and O–H groups in total. The van der Waals surface area contributed by atoms with Gasteiger partial charge in [0.2, 0.25) is 0 Å². The molecule has 7 nitrogen and oxygen atoms in total. The zero-order valence-electron chi connectivity index (χ0n) is 19.9. The Balaban J connectivity index is 1.47. The number of pyridine rings is 1. The lowest BCUT2D eigenvalue weighted by Gasteiger charge is -2.35. The Kier molecular flexibility index (Phi) is 6.77. The molecule has 0 aliphatic heterocycles. The van der Waals surface area contributed by atoms with E-state index in [0.717, 1.165) is 25.7 Å². The second-order valence-electron chi connectivity index (χ2n) is 9.33. The number of nitrogens with zero attached hydrogens (tertiary/aromatic N) is 1. The van der Waals surface area contributed by atoms with Crippen LogP contribution in [0.5, 0.6) is 23.0 Å². The summed E-state index contributed by atoms with van der Waals surface area (Å²) in [5, 5.41) is 6.27. The van der Waals surface area contributed by atoms with Crippen molar-refractivity contribution in [2.24, 2.45) is 5.41 Å². The number of halogens is 1. The van der Waals surface area contributed by atoms with Crippen LogP contribution >= 0.6 is 0 Å². The highest BCUT2D eigenvalue weighted by molar-refractivity contribution is 5.90. The molecule has 0 bridgehead atoms. The molecule has 1 aromatic heterocycles. The number of amides is 2. The van der Waals surface area contributed by atoms with Crippen molar-refractivity contribution < 1.29 is 23.4 Å². The summed E-state index contributed by atoms with van der Waals surface area (Å²) in [6.07, 6.45) is 5.66. The van der Waals surface area contributed by atoms with E-state index in [2.05, 4.69) is 29.5 Å². The van der Waals surface area contributed by atoms with Gasteiger partial charge in [0.05, 0.1) is 25.4 Å². The minimum Gasteiger partial charge on any atom is -0.493 e. The van der Waals surface area contributed by atoms with Gasteiger partial charge in [0, 0.05) is 29.8 Å². The quantitative estimate of drug-likeness (QED) is 0.446. The van der Waals surface area contributed by atoms with Crippen molar-refractivity contribution in [2.75, 3.05) is 19.5 Å². The van der Waals surface area contributed by atoms with E-state index in [1.807, 2.05) is 0 Å². The van der Waals surface area contributed by atoms with Crippen LogP contribution in [0.25, 0.3) is 10.9 Å². The molecule has 0 saturated heterocycles. The molecule has 1 fully saturated rings. The van der Waals surface area contributed by atoms with Gasteiger partial charge in [-0.3, -0.25) is 4.98 Å². The predicted octanol–water partition coefficient (Wildman–Crippen LogP) is 6.27. The number of benzene rings is 2. The highest BCUT2D eigenvalue weighted by atomic mass is 19.1. The molecule has 1 unspecified atom stereocenters. The first-order valence-corrected chi connectivity index (χ1v) is 11.3. The Hall–Kier alpha value is -3.55. The Morgan fingerprint density at radius 3 is 2.56 bits per heavy atom. The van der Waals surface area contributed by atoms with Crippen molar-refractivity contribution in [3.05, 3.63) is 48.4 Å². The molecular formula is C26H30FN3O4. The van der Waals surface area contributed by atoms with Crippen LogP contribution in [0.1, 0.15) is 39.5 Å². The van der Waals surface area contributed by atoms with E-state index >= 15 is 0 Å². The maximum Gasteiger partial charge on any atom is 0.319 e. The van der Waals surface area contributed by atoms with Crippen molar-refractivity contribution >= 4 is 22.6 Å². The van der Waals surface area contributed by atoms with Crippen molar-refractivity contribution in [3.8, 4) is 23.0 Å². The van der Waals surface area contributed by atoms with Crippen LogP contribution in [0.2, 0.25) is 0 Å². The van der Waals surface area contributed by atoms with Gasteiger partial charge in [-0.25, -0.2) is 9.18 Å². The number of nitrogens with one attached hydrogen (secondary N) is 2. The standard InChI is InChI=1S/C26H30FN3O4/c1-26(2)10-5-6-16(15-26)29-25(31)30-20-8-7-17(12-19(20)27)34-22-9-11-28-21-14-24(33-4)23(32-3)13-18(21)22/h7-9,11-14,16H,5-6,10,15H2,1-4H3,(H2,29,30,31). The third kappa shape index (κ3) is 5.32. The van der Waals surface area contributed by atoms with Crippen molar-refractivity contribution in [2.45, 2.75) is 45.6 Å². The SMILES string of the molecule is COc1cc2nccc(Oc3ccc(NC(=O)NC4CCCC(C)(C)C4)c(F)c3)c2cc1OC. The van der Waals surface area contributed by atoms with Gasteiger partial charge in [0.1, 0.15) is 17.3 Å². The molecule has 1 heterocycles. The predicted molar refractivity (Wildman–Crippen MR) is 130 cm³/mol. The average Bonchev–Trinajstić information content (AvgIpc) is 2.79. The second-order valence-corrected chi connectivity index (χ2v) is 9.33. The minimum atomic E-state index is -0.589. The first-order chi connectivity index (χ1) is 16.3. The number of urea groups is 1. The Bertz CT molecular complexity index is 1200. The minimum absolute atomic E-state index is 0.0880. The number of rotatable bonds is 6. The van der Waals surface area contributed by atoms with Gasteiger partial charge in [-0.1, -0.05) is 20.3 Å². The molecule has 34 heavy (non-hydrogen) atoms. The zero-order valence-corrected chi connectivity index (χ0v) is 19.9. The number of carbonyl (C=O) groups is 1. The lowest BCUT2D eigenvalue weighted by atomic mass is 9.75. The molecule has 2 amide bonds. The fraction of sp³-hybridized carbons (Fsp3) is 0.385. The molecule has 1 aliphatic rings. The Morgan fingerprint density at radius 1 is 1.09 bits per heavy atom. The maximum absolute atomic E-state index is 14.8. The maximum atomic E-state index is 14.8. The number of aromatic nitrogens is 1. The number of ether oxygens (including phenoxy) is 3. The molecule has 0 spiro atoms. The van der Waals surface area contributed by atoms with E-state index < -0.39 is 11.8 Å². The molecule has 0 radical (unpaired) electrons. The average molecular weight is 468 g/mol. The van der Waals surface area contributed by atoms with E-state index in [4.69, 9.17) is 14.2 Å². The van der Waals surface area contributed by atoms with Crippen LogP contribution in [0.4, 0.5) is 14.9 Å². The first kappa shape index (κ1) is 23.6. The summed E-state index contributed by atoms with van der Waals surface area (Å²) in [7, 11) is 3.10. The fourth-order valence-corrected chi connectivity index (χ4v) is 4.49. The monoisotopic (exact) mass is 467 g/mol. The van der Waals surface area contributed by atoms with Gasteiger partial charge in [-0.2, -0.15) is 0 Å². The largest absolute Gasteiger partial charge is 0.493 e. The number of hydrogen-bond acceptors (Lipinski definition) is 5. The normalized spacial score (nSPS) is 17.1. The summed E-state index contributed by atoms with van der Waals surface area (Å²) in [4.78, 5) is 16.8. The Morgan fingerprint density at radius 2 is 1.85 bits per heavy atom. The number of hydrogen-bond donors (Lipinski definition) is 2. The molecule has 3 aromatic rings. The van der Waals surface area contributed by atoms with Crippen LogP contribution in [0, 0.1) is 11.2 Å². The highest BCUT2D eigenvalue weighted by Crippen LogP contribution is 2.37. The van der Waals surface area contributed by atoms with Crippen LogP contribution in [-0.2, 0) is 0 Å². The topological polar surface area (TPSA) is 81.7 Å². The van der Waals surface area contributed by atoms with Crippen molar-refractivity contribution in [1.82, 2.24) is 10.3 Å². The third-order valence-corrected chi connectivity index (χ3v) is 6.16. The summed E-state index contributed by atoms with van der Waals surface area (Å²) in [5.41, 5.74) is 0.939. The summed E-state index contributed by atoms with van der Waals surface area (Å²) in [5.74, 6) is 1.28. The molecular weight excluding hydrogens is 437 g/mol. The van der Waals surface area contributed by atoms with E-state index in [1.165, 1.54) is 12.1 Å². The molecule has 180 valence electrons. The fourth-order valence-electron chi connectivity index (χ4n) is 4.49. The third-order valence-electron chi connectivity index (χ3n) is 6.16. The zero-order chi connectivity index (χ0) is 24.3. The summed E-state index contributed by atoms with van der Waals surface area (Å²) in [6.45, 7) is 4.41. The lowest BCUT2D eigenvalue weighted by Crippen LogP contribution is -2.42. The second kappa shape index (κ2) is 9.75. The summed E-state index contributed by atoms with van der Waals surface area (Å²) in [6, 6.07) is 9.23. The Labute approximate surface area is 198 Å². The number of carbonyl (C=O) groups excluding carboxylic acids is 1. The molecule has 1 saturated carbocycles. The molecule has 2 aromatic carbocycles. The smallest absolute Gasteiger partial charge is 0.319 e. The molecule has 1 atom stereocenters. The van der Waals surface area contributed by atoms with Crippen LogP contribution in [-0.4, -0.2) is 31.3 Å². The van der Waals surface area contributed by atoms with E-state index in [-0.39, 0.29) is 17.1 Å². The van der Waals surface area contributed by atoms with E-state index in [0.29, 0.717) is 33.9 Å². The molecule has 4 rings (SSSR count). The van der Waals surface area contributed by atoms with E-state index in [1.54, 1.807) is 44.7 Å². The van der Waals surface area contributed by atoms with Gasteiger partial charge < -0.3 is 24.8 Å². The van der Waals surface area contributed by atoms with Crippen molar-refractivity contribution in [1.29, 1.82) is 0 Å². The van der Waals surface area contributed by atoms with E-state index in [9.17, 15) is 9.18 Å². The lowest BCUT2D eigenvalue weighted by molar-refractivity contribution is 0.196. The molecule has 1 aliphatic carbocycles. The summed E-state index contributed by atoms with van der Waals surface area (Å²) < 4.78 is 31.4. The van der Waals surface area contributed by atoms with Crippen molar-refractivity contribution in [3.63, 3.8) is 0 Å². The van der Waals surface area contributed by atoms with Gasteiger partial charge in [-0.15, -0.1) is 0 Å². The van der Waals surface area contributed by atoms with Crippen LogP contribution in [0.3, 0.4) is 0 Å². The summed E-state index contributed by atoms with van der Waals surface area (Å²) >= 11 is 0. The molecule has 8 heteroatoms. The van der Waals surface area contributed by atoms with Gasteiger partial charge in [0.15, 0.2) is 11.5 Å². The number of fused-ring (bicyclic) bond motifs is 1. The van der Waals surface area contributed by atoms with Gasteiger partial charge >= 0.3 is 6.03 Å². The van der Waals surface area contributed by atoms with Crippen LogP contribution < -0.4 is 24.8 Å². The van der Waals surface area contributed by atoms with Gasteiger partial charge in [-0.05, 0) is 48.9 Å². The van der Waals surface area contributed by atoms with Gasteiger partial charge in [0.25, 0.3) is 0 Å². The van der Waals surface area contributed by atoms with Crippen LogP contribution in [0.15, 0.2) is 42.6 Å². The number of anilines is 1. The highest BCUT2D eigenvalue weighted by Gasteiger charge is 2.28.